The van der Waals surface area contributed by atoms with Crippen LogP contribution >= 0.6 is 0 Å². The van der Waals surface area contributed by atoms with Crippen LogP contribution in [0.15, 0.2) is 24.4 Å². The van der Waals surface area contributed by atoms with Crippen LogP contribution < -0.4 is 4.90 Å². The highest BCUT2D eigenvalue weighted by atomic mass is 16.3. The lowest BCUT2D eigenvalue weighted by Crippen LogP contribution is -2.33. The molecular weight excluding hydrogens is 364 g/mol. The molecule has 0 aliphatic heterocycles. The van der Waals surface area contributed by atoms with Crippen molar-refractivity contribution in [1.29, 1.82) is 0 Å². The molecule has 2 aromatic heterocycles. The van der Waals surface area contributed by atoms with Gasteiger partial charge in [0.2, 0.25) is 0 Å². The quantitative estimate of drug-likeness (QED) is 0.607. The van der Waals surface area contributed by atoms with Crippen LogP contribution in [0.2, 0.25) is 0 Å². The smallest absolute Gasteiger partial charge is 0.274 e. The van der Waals surface area contributed by atoms with Gasteiger partial charge in [0.05, 0.1) is 16.4 Å². The summed E-state index contributed by atoms with van der Waals surface area (Å²) in [6, 6.07) is 6.20. The molecule has 3 rings (SSSR count). The lowest BCUT2D eigenvalue weighted by atomic mass is 10.1. The number of anilines is 1. The van der Waals surface area contributed by atoms with Crippen molar-refractivity contribution in [3.05, 3.63) is 30.1 Å². The Morgan fingerprint density at radius 3 is 2.31 bits per heavy atom. The molecule has 0 radical (unpaired) electrons. The van der Waals surface area contributed by atoms with Crippen LogP contribution in [0.5, 0.6) is 5.75 Å². The van der Waals surface area contributed by atoms with Gasteiger partial charge < -0.3 is 19.5 Å². The second kappa shape index (κ2) is 8.72. The molecule has 0 saturated heterocycles. The number of carbonyl (C=O) groups excluding carboxylic acids is 1. The Morgan fingerprint density at radius 1 is 1.07 bits per heavy atom. The van der Waals surface area contributed by atoms with Crippen molar-refractivity contribution in [3.63, 3.8) is 0 Å². The molecule has 156 valence electrons. The standard InChI is InChI=1S/C23H32N4O2/c1-6-12-27(13-7-2)23(29)21-22(28)18-15-24-19-11-10-16(26(8-3)9-4)14-17(19)20(18)25(21)5/h10-11,14-15,28H,6-9,12-13H2,1-5H3. The van der Waals surface area contributed by atoms with Crippen LogP contribution in [0, 0.1) is 0 Å². The summed E-state index contributed by atoms with van der Waals surface area (Å²) >= 11 is 0. The number of hydrogen-bond acceptors (Lipinski definition) is 4. The predicted octanol–water partition coefficient (Wildman–Crippen LogP) is 4.54. The molecule has 0 bridgehead atoms. The van der Waals surface area contributed by atoms with Crippen molar-refractivity contribution < 1.29 is 9.90 Å². The van der Waals surface area contributed by atoms with Gasteiger partial charge in [0.1, 0.15) is 0 Å². The van der Waals surface area contributed by atoms with Gasteiger partial charge in [0.25, 0.3) is 5.91 Å². The maximum Gasteiger partial charge on any atom is 0.274 e. The molecule has 6 heteroatoms. The highest BCUT2D eigenvalue weighted by Crippen LogP contribution is 2.37. The van der Waals surface area contributed by atoms with E-state index in [2.05, 4.69) is 49.7 Å². The van der Waals surface area contributed by atoms with Gasteiger partial charge in [0.15, 0.2) is 11.4 Å². The molecule has 0 fully saturated rings. The molecule has 0 atom stereocenters. The third kappa shape index (κ3) is 3.63. The van der Waals surface area contributed by atoms with Crippen LogP contribution in [-0.4, -0.2) is 51.6 Å². The number of aryl methyl sites for hydroxylation is 1. The molecule has 0 aliphatic rings. The molecule has 6 nitrogen and oxygen atoms in total. The topological polar surface area (TPSA) is 61.6 Å². The first-order valence-corrected chi connectivity index (χ1v) is 10.6. The minimum atomic E-state index is -0.127. The Morgan fingerprint density at radius 2 is 1.72 bits per heavy atom. The molecule has 0 saturated carbocycles. The Labute approximate surface area is 172 Å². The molecule has 1 aromatic carbocycles. The fourth-order valence-corrected chi connectivity index (χ4v) is 4.13. The lowest BCUT2D eigenvalue weighted by molar-refractivity contribution is 0.0743. The van der Waals surface area contributed by atoms with E-state index in [4.69, 9.17) is 0 Å². The summed E-state index contributed by atoms with van der Waals surface area (Å²) in [6.07, 6.45) is 3.44. The summed E-state index contributed by atoms with van der Waals surface area (Å²) in [5.74, 6) is -0.106. The van der Waals surface area contributed by atoms with Gasteiger partial charge in [-0.25, -0.2) is 0 Å². The van der Waals surface area contributed by atoms with Gasteiger partial charge in [-0.15, -0.1) is 0 Å². The summed E-state index contributed by atoms with van der Waals surface area (Å²) in [6.45, 7) is 11.6. The maximum atomic E-state index is 13.3. The highest BCUT2D eigenvalue weighted by molar-refractivity contribution is 6.12. The number of carbonyl (C=O) groups is 1. The van der Waals surface area contributed by atoms with Gasteiger partial charge in [0, 0.05) is 50.5 Å². The second-order valence-corrected chi connectivity index (χ2v) is 7.44. The molecular formula is C23H32N4O2. The van der Waals surface area contributed by atoms with E-state index in [1.807, 2.05) is 22.6 Å². The Kier molecular flexibility index (Phi) is 6.30. The van der Waals surface area contributed by atoms with Crippen molar-refractivity contribution in [3.8, 4) is 5.75 Å². The first-order valence-electron chi connectivity index (χ1n) is 10.6. The summed E-state index contributed by atoms with van der Waals surface area (Å²) in [7, 11) is 1.86. The van der Waals surface area contributed by atoms with E-state index in [1.165, 1.54) is 0 Å². The zero-order valence-electron chi connectivity index (χ0n) is 18.2. The number of amides is 1. The van der Waals surface area contributed by atoms with Gasteiger partial charge in [-0.1, -0.05) is 13.8 Å². The predicted molar refractivity (Wildman–Crippen MR) is 120 cm³/mol. The van der Waals surface area contributed by atoms with Crippen molar-refractivity contribution in [2.45, 2.75) is 40.5 Å². The monoisotopic (exact) mass is 396 g/mol. The van der Waals surface area contributed by atoms with Crippen LogP contribution in [0.4, 0.5) is 5.69 Å². The number of aromatic nitrogens is 2. The Hall–Kier alpha value is -2.76. The number of pyridine rings is 1. The zero-order valence-corrected chi connectivity index (χ0v) is 18.2. The lowest BCUT2D eigenvalue weighted by Gasteiger charge is -2.22. The molecule has 1 amide bonds. The second-order valence-electron chi connectivity index (χ2n) is 7.44. The summed E-state index contributed by atoms with van der Waals surface area (Å²) in [5.41, 5.74) is 3.15. The average molecular weight is 397 g/mol. The SMILES string of the molecule is CCCN(CCC)C(=O)c1c(O)c2cnc3ccc(N(CC)CC)cc3c2n1C. The van der Waals surface area contributed by atoms with Gasteiger partial charge in [-0.3, -0.25) is 9.78 Å². The van der Waals surface area contributed by atoms with E-state index in [9.17, 15) is 9.90 Å². The Balaban J connectivity index is 2.22. The fraction of sp³-hybridized carbons (Fsp3) is 0.478. The molecule has 2 heterocycles. The first kappa shape index (κ1) is 21.0. The van der Waals surface area contributed by atoms with Crippen LogP contribution in [0.25, 0.3) is 21.8 Å². The summed E-state index contributed by atoms with van der Waals surface area (Å²) in [4.78, 5) is 21.9. The minimum absolute atomic E-state index is 0.0207. The van der Waals surface area contributed by atoms with Crippen molar-refractivity contribution in [2.24, 2.45) is 7.05 Å². The van der Waals surface area contributed by atoms with Crippen molar-refractivity contribution in [1.82, 2.24) is 14.5 Å². The number of fused-ring (bicyclic) bond motifs is 3. The van der Waals surface area contributed by atoms with E-state index in [0.29, 0.717) is 24.2 Å². The number of hydrogen-bond donors (Lipinski definition) is 1. The molecule has 0 aliphatic carbocycles. The van der Waals surface area contributed by atoms with Crippen LogP contribution in [-0.2, 0) is 7.05 Å². The van der Waals surface area contributed by atoms with E-state index < -0.39 is 0 Å². The summed E-state index contributed by atoms with van der Waals surface area (Å²) < 4.78 is 1.83. The van der Waals surface area contributed by atoms with E-state index in [1.54, 1.807) is 6.20 Å². The van der Waals surface area contributed by atoms with Crippen LogP contribution in [0.3, 0.4) is 0 Å². The molecule has 0 spiro atoms. The minimum Gasteiger partial charge on any atom is -0.505 e. The number of nitrogens with zero attached hydrogens (tertiary/aromatic N) is 4. The normalized spacial score (nSPS) is 11.3. The number of benzene rings is 1. The largest absolute Gasteiger partial charge is 0.505 e. The van der Waals surface area contributed by atoms with Crippen molar-refractivity contribution in [2.75, 3.05) is 31.1 Å². The third-order valence-electron chi connectivity index (χ3n) is 5.58. The molecule has 29 heavy (non-hydrogen) atoms. The van der Waals surface area contributed by atoms with Gasteiger partial charge in [-0.2, -0.15) is 0 Å². The third-order valence-corrected chi connectivity index (χ3v) is 5.58. The van der Waals surface area contributed by atoms with E-state index in [-0.39, 0.29) is 11.7 Å². The van der Waals surface area contributed by atoms with Crippen molar-refractivity contribution >= 4 is 33.4 Å². The van der Waals surface area contributed by atoms with Crippen LogP contribution in [0.1, 0.15) is 51.0 Å². The fourth-order valence-electron chi connectivity index (χ4n) is 4.13. The molecule has 0 unspecified atom stereocenters. The summed E-state index contributed by atoms with van der Waals surface area (Å²) in [5, 5.41) is 12.5. The van der Waals surface area contributed by atoms with E-state index >= 15 is 0 Å². The average Bonchev–Trinajstić information content (AvgIpc) is 2.98. The first-order chi connectivity index (χ1) is 14.0. The van der Waals surface area contributed by atoms with Gasteiger partial charge in [-0.05, 0) is 44.9 Å². The highest BCUT2D eigenvalue weighted by Gasteiger charge is 2.26. The zero-order chi connectivity index (χ0) is 21.1. The Bertz CT molecular complexity index is 1010. The maximum absolute atomic E-state index is 13.3. The molecule has 3 aromatic rings. The van der Waals surface area contributed by atoms with Gasteiger partial charge >= 0.3 is 0 Å². The van der Waals surface area contributed by atoms with E-state index in [0.717, 1.165) is 48.0 Å². The number of rotatable bonds is 8. The number of aromatic hydroxyl groups is 1. The molecule has 1 N–H and O–H groups in total.